The van der Waals surface area contributed by atoms with E-state index in [9.17, 15) is 9.59 Å². The Morgan fingerprint density at radius 1 is 1.13 bits per heavy atom. The number of carbonyl (C=O) groups excluding carboxylic acids is 2. The summed E-state index contributed by atoms with van der Waals surface area (Å²) in [7, 11) is 0. The molecule has 23 heavy (non-hydrogen) atoms. The molecule has 1 aliphatic carbocycles. The molecule has 1 saturated carbocycles. The van der Waals surface area contributed by atoms with E-state index in [1.54, 1.807) is 0 Å². The van der Waals surface area contributed by atoms with Gasteiger partial charge in [0.25, 0.3) is 5.91 Å². The van der Waals surface area contributed by atoms with E-state index in [1.165, 1.54) is 21.8 Å². The zero-order chi connectivity index (χ0) is 16.4. The first-order valence-electron chi connectivity index (χ1n) is 7.88. The number of hydrogen-bond donors (Lipinski definition) is 2. The molecule has 1 heterocycles. The van der Waals surface area contributed by atoms with Crippen LogP contribution in [0.3, 0.4) is 0 Å². The summed E-state index contributed by atoms with van der Waals surface area (Å²) in [6.07, 6.45) is 2.91. The van der Waals surface area contributed by atoms with Gasteiger partial charge >= 0.3 is 0 Å². The molecule has 2 amide bonds. The number of carbonyl (C=O) groups is 2. The summed E-state index contributed by atoms with van der Waals surface area (Å²) in [4.78, 5) is 25.9. The molecule has 1 aliphatic rings. The molecular formula is C18H20N2O2S. The summed E-state index contributed by atoms with van der Waals surface area (Å²) >= 11 is 1.52. The average molecular weight is 328 g/mol. The van der Waals surface area contributed by atoms with E-state index in [0.717, 1.165) is 35.5 Å². The lowest BCUT2D eigenvalue weighted by atomic mass is 10.2. The lowest BCUT2D eigenvalue weighted by Gasteiger charge is -2.07. The predicted molar refractivity (Wildman–Crippen MR) is 94.2 cm³/mol. The van der Waals surface area contributed by atoms with Crippen molar-refractivity contribution in [1.29, 1.82) is 0 Å². The number of benzene rings is 1. The van der Waals surface area contributed by atoms with Crippen LogP contribution in [0.2, 0.25) is 0 Å². The van der Waals surface area contributed by atoms with Crippen LogP contribution in [0, 0.1) is 12.8 Å². The number of hydrogen-bond acceptors (Lipinski definition) is 3. The molecule has 1 aromatic heterocycles. The average Bonchev–Trinajstić information content (AvgIpc) is 3.32. The van der Waals surface area contributed by atoms with Crippen LogP contribution in [0.15, 0.2) is 30.3 Å². The first-order chi connectivity index (χ1) is 11.1. The van der Waals surface area contributed by atoms with E-state index in [1.807, 2.05) is 37.3 Å². The number of anilines is 2. The van der Waals surface area contributed by atoms with E-state index in [0.29, 0.717) is 0 Å². The van der Waals surface area contributed by atoms with Gasteiger partial charge in [0.1, 0.15) is 0 Å². The standard InChI is InChI=1S/C18H20N2O2S/c1-3-12-10-16(23-11(12)2)18(22)20-15-8-6-14(7-9-15)19-17(21)13-4-5-13/h6-10,13H,3-5H2,1-2H3,(H,19,21)(H,20,22). The number of rotatable bonds is 5. The molecule has 0 saturated heterocycles. The van der Waals surface area contributed by atoms with Gasteiger partial charge in [0.2, 0.25) is 5.91 Å². The molecule has 0 radical (unpaired) electrons. The maximum Gasteiger partial charge on any atom is 0.265 e. The maximum atomic E-state index is 12.3. The Morgan fingerprint density at radius 2 is 1.74 bits per heavy atom. The predicted octanol–water partition coefficient (Wildman–Crippen LogP) is 4.22. The maximum absolute atomic E-state index is 12.3. The van der Waals surface area contributed by atoms with Crippen molar-refractivity contribution in [3.8, 4) is 0 Å². The second kappa shape index (κ2) is 6.54. The summed E-state index contributed by atoms with van der Waals surface area (Å²) in [6.45, 7) is 4.13. The molecule has 0 aliphatic heterocycles. The van der Waals surface area contributed by atoms with Crippen LogP contribution in [0.1, 0.15) is 39.9 Å². The normalized spacial score (nSPS) is 13.7. The largest absolute Gasteiger partial charge is 0.326 e. The Balaban J connectivity index is 1.62. The van der Waals surface area contributed by atoms with Crippen molar-refractivity contribution in [2.75, 3.05) is 10.6 Å². The summed E-state index contributed by atoms with van der Waals surface area (Å²) in [5.41, 5.74) is 2.71. The van der Waals surface area contributed by atoms with Crippen molar-refractivity contribution >= 4 is 34.5 Å². The second-order valence-corrected chi connectivity index (χ2v) is 7.10. The van der Waals surface area contributed by atoms with Crippen LogP contribution in [0.25, 0.3) is 0 Å². The Labute approximate surface area is 139 Å². The monoisotopic (exact) mass is 328 g/mol. The fraction of sp³-hybridized carbons (Fsp3) is 0.333. The second-order valence-electron chi connectivity index (χ2n) is 5.84. The summed E-state index contributed by atoms with van der Waals surface area (Å²) in [6, 6.07) is 9.20. The van der Waals surface area contributed by atoms with Crippen molar-refractivity contribution in [2.24, 2.45) is 5.92 Å². The van der Waals surface area contributed by atoms with Gasteiger partial charge in [-0.15, -0.1) is 11.3 Å². The lowest BCUT2D eigenvalue weighted by molar-refractivity contribution is -0.117. The summed E-state index contributed by atoms with van der Waals surface area (Å²) in [5, 5.41) is 5.78. The molecule has 0 atom stereocenters. The van der Waals surface area contributed by atoms with Gasteiger partial charge in [0.15, 0.2) is 0 Å². The van der Waals surface area contributed by atoms with Gasteiger partial charge in [-0.2, -0.15) is 0 Å². The number of nitrogens with one attached hydrogen (secondary N) is 2. The molecule has 120 valence electrons. The summed E-state index contributed by atoms with van der Waals surface area (Å²) < 4.78 is 0. The Hall–Kier alpha value is -2.14. The zero-order valence-corrected chi connectivity index (χ0v) is 14.1. The molecule has 1 aromatic carbocycles. The van der Waals surface area contributed by atoms with Crippen LogP contribution in [0.4, 0.5) is 11.4 Å². The van der Waals surface area contributed by atoms with E-state index in [2.05, 4.69) is 17.6 Å². The smallest absolute Gasteiger partial charge is 0.265 e. The Bertz CT molecular complexity index is 730. The van der Waals surface area contributed by atoms with Crippen molar-refractivity contribution in [1.82, 2.24) is 0 Å². The van der Waals surface area contributed by atoms with Crippen LogP contribution >= 0.6 is 11.3 Å². The van der Waals surface area contributed by atoms with Gasteiger partial charge in [-0.05, 0) is 62.1 Å². The Morgan fingerprint density at radius 3 is 2.26 bits per heavy atom. The van der Waals surface area contributed by atoms with Gasteiger partial charge in [-0.3, -0.25) is 9.59 Å². The van der Waals surface area contributed by atoms with Crippen LogP contribution in [-0.4, -0.2) is 11.8 Å². The van der Waals surface area contributed by atoms with Crippen LogP contribution in [0.5, 0.6) is 0 Å². The van der Waals surface area contributed by atoms with Crippen LogP contribution in [-0.2, 0) is 11.2 Å². The minimum absolute atomic E-state index is 0.0861. The quantitative estimate of drug-likeness (QED) is 0.863. The van der Waals surface area contributed by atoms with Crippen LogP contribution < -0.4 is 10.6 Å². The molecule has 5 heteroatoms. The van der Waals surface area contributed by atoms with E-state index >= 15 is 0 Å². The third kappa shape index (κ3) is 3.79. The number of thiophene rings is 1. The highest BCUT2D eigenvalue weighted by molar-refractivity contribution is 7.14. The molecule has 3 rings (SSSR count). The number of aryl methyl sites for hydroxylation is 2. The van der Waals surface area contributed by atoms with E-state index in [4.69, 9.17) is 0 Å². The first-order valence-corrected chi connectivity index (χ1v) is 8.70. The van der Waals surface area contributed by atoms with Crippen molar-refractivity contribution in [3.05, 3.63) is 45.6 Å². The van der Waals surface area contributed by atoms with Crippen molar-refractivity contribution in [3.63, 3.8) is 0 Å². The molecule has 2 aromatic rings. The van der Waals surface area contributed by atoms with Crippen molar-refractivity contribution in [2.45, 2.75) is 33.1 Å². The Kier molecular flexibility index (Phi) is 4.48. The van der Waals surface area contributed by atoms with Gasteiger partial charge < -0.3 is 10.6 Å². The first kappa shape index (κ1) is 15.7. The van der Waals surface area contributed by atoms with Gasteiger partial charge in [-0.1, -0.05) is 6.92 Å². The topological polar surface area (TPSA) is 58.2 Å². The minimum atomic E-state index is -0.0902. The molecule has 4 nitrogen and oxygen atoms in total. The van der Waals surface area contributed by atoms with Crippen molar-refractivity contribution < 1.29 is 9.59 Å². The fourth-order valence-corrected chi connectivity index (χ4v) is 3.41. The third-order valence-electron chi connectivity index (χ3n) is 3.98. The van der Waals surface area contributed by atoms with E-state index in [-0.39, 0.29) is 17.7 Å². The van der Waals surface area contributed by atoms with E-state index < -0.39 is 0 Å². The molecule has 0 spiro atoms. The molecule has 0 unspecified atom stereocenters. The highest BCUT2D eigenvalue weighted by Gasteiger charge is 2.29. The molecule has 2 N–H and O–H groups in total. The highest BCUT2D eigenvalue weighted by Crippen LogP contribution is 2.30. The number of amides is 2. The summed E-state index contributed by atoms with van der Waals surface area (Å²) in [5.74, 6) is 0.180. The lowest BCUT2D eigenvalue weighted by Crippen LogP contribution is -2.13. The zero-order valence-electron chi connectivity index (χ0n) is 13.3. The molecule has 1 fully saturated rings. The van der Waals surface area contributed by atoms with Gasteiger partial charge in [0.05, 0.1) is 4.88 Å². The van der Waals surface area contributed by atoms with Gasteiger partial charge in [-0.25, -0.2) is 0 Å². The fourth-order valence-electron chi connectivity index (χ4n) is 2.40. The third-order valence-corrected chi connectivity index (χ3v) is 5.08. The SMILES string of the molecule is CCc1cc(C(=O)Nc2ccc(NC(=O)C3CC3)cc2)sc1C. The minimum Gasteiger partial charge on any atom is -0.326 e. The molecular weight excluding hydrogens is 308 g/mol. The molecule has 0 bridgehead atoms. The highest BCUT2D eigenvalue weighted by atomic mass is 32.1. The van der Waals surface area contributed by atoms with Gasteiger partial charge in [0, 0.05) is 22.2 Å².